The van der Waals surface area contributed by atoms with E-state index in [0.717, 1.165) is 20.7 Å². The maximum absolute atomic E-state index is 11.9. The van der Waals surface area contributed by atoms with Crippen molar-refractivity contribution in [2.75, 3.05) is 6.61 Å². The van der Waals surface area contributed by atoms with Gasteiger partial charge in [-0.1, -0.05) is 0 Å². The van der Waals surface area contributed by atoms with Crippen LogP contribution in [-0.2, 0) is 4.74 Å². The maximum atomic E-state index is 11.9. The molecular formula is C17H18N2O2SSe. The molecule has 2 aromatic rings. The van der Waals surface area contributed by atoms with Crippen LogP contribution >= 0.6 is 11.8 Å². The first-order valence-corrected chi connectivity index (χ1v) is 9.88. The fraction of sp³-hybridized carbons (Fsp3) is 0.353. The van der Waals surface area contributed by atoms with E-state index in [9.17, 15) is 4.79 Å². The third kappa shape index (κ3) is 4.26. The van der Waals surface area contributed by atoms with Crippen LogP contribution in [0, 0.1) is 13.5 Å². The number of esters is 1. The molecule has 0 spiro atoms. The molecule has 1 aromatic carbocycles. The molecule has 6 heteroatoms. The van der Waals surface area contributed by atoms with Gasteiger partial charge in [0.1, 0.15) is 0 Å². The van der Waals surface area contributed by atoms with Crippen LogP contribution in [-0.4, -0.2) is 37.3 Å². The molecule has 0 amide bonds. The second kappa shape index (κ2) is 7.83. The van der Waals surface area contributed by atoms with Gasteiger partial charge in [0.25, 0.3) is 0 Å². The monoisotopic (exact) mass is 394 g/mol. The number of carbonyl (C=O) groups is 1. The SMILES string of the molecule is [C-]#[N+]c1cc(-c2nc(C)c(C(=O)OCC)[se]2)ccc1SC(C)C. The van der Waals surface area contributed by atoms with Crippen molar-refractivity contribution in [1.82, 2.24) is 4.98 Å². The number of thioether (sulfide) groups is 1. The number of benzene rings is 1. The van der Waals surface area contributed by atoms with E-state index in [1.54, 1.807) is 18.7 Å². The summed E-state index contributed by atoms with van der Waals surface area (Å²) >= 11 is 1.50. The minimum absolute atomic E-state index is 0.178. The van der Waals surface area contributed by atoms with Gasteiger partial charge in [-0.05, 0) is 0 Å². The zero-order chi connectivity index (χ0) is 17.0. The minimum atomic E-state index is -0.277. The summed E-state index contributed by atoms with van der Waals surface area (Å²) in [6.07, 6.45) is 0. The summed E-state index contributed by atoms with van der Waals surface area (Å²) in [7, 11) is 0. The molecule has 0 radical (unpaired) electrons. The van der Waals surface area contributed by atoms with Gasteiger partial charge in [0.15, 0.2) is 0 Å². The predicted molar refractivity (Wildman–Crippen MR) is 94.6 cm³/mol. The fourth-order valence-electron chi connectivity index (χ4n) is 2.00. The quantitative estimate of drug-likeness (QED) is 0.328. The molecular weight excluding hydrogens is 375 g/mol. The van der Waals surface area contributed by atoms with E-state index in [4.69, 9.17) is 11.3 Å². The Labute approximate surface area is 146 Å². The second-order valence-corrected chi connectivity index (χ2v) is 8.83. The van der Waals surface area contributed by atoms with Crippen LogP contribution in [0.25, 0.3) is 15.0 Å². The Morgan fingerprint density at radius 1 is 1.48 bits per heavy atom. The Balaban J connectivity index is 2.38. The predicted octanol–water partition coefficient (Wildman–Crippen LogP) is 4.34. The summed E-state index contributed by atoms with van der Waals surface area (Å²) < 4.78 is 6.63. The molecule has 0 aliphatic carbocycles. The van der Waals surface area contributed by atoms with E-state index in [2.05, 4.69) is 23.7 Å². The van der Waals surface area contributed by atoms with E-state index in [1.807, 2.05) is 25.1 Å². The first-order valence-electron chi connectivity index (χ1n) is 7.29. The molecule has 0 N–H and O–H groups in total. The molecule has 4 nitrogen and oxygen atoms in total. The van der Waals surface area contributed by atoms with E-state index in [0.29, 0.717) is 22.0 Å². The van der Waals surface area contributed by atoms with Crippen molar-refractivity contribution >= 4 is 37.9 Å². The van der Waals surface area contributed by atoms with Crippen LogP contribution < -0.4 is 0 Å². The average molecular weight is 393 g/mol. The van der Waals surface area contributed by atoms with E-state index in [-0.39, 0.29) is 20.5 Å². The number of nitrogens with zero attached hydrogens (tertiary/aromatic N) is 2. The van der Waals surface area contributed by atoms with Gasteiger partial charge in [0, 0.05) is 0 Å². The van der Waals surface area contributed by atoms with Crippen molar-refractivity contribution < 1.29 is 9.53 Å². The van der Waals surface area contributed by atoms with Crippen LogP contribution in [0.1, 0.15) is 35.7 Å². The van der Waals surface area contributed by atoms with Gasteiger partial charge in [-0.15, -0.1) is 0 Å². The summed E-state index contributed by atoms with van der Waals surface area (Å²) in [5.74, 6) is -0.277. The number of ether oxygens (including phenoxy) is 1. The number of aryl methyl sites for hydroxylation is 1. The topological polar surface area (TPSA) is 43.5 Å². The molecule has 0 saturated heterocycles. The van der Waals surface area contributed by atoms with E-state index < -0.39 is 0 Å². The number of aromatic nitrogens is 1. The van der Waals surface area contributed by atoms with Gasteiger partial charge in [-0.2, -0.15) is 0 Å². The van der Waals surface area contributed by atoms with Crippen molar-refractivity contribution in [3.05, 3.63) is 39.7 Å². The summed E-state index contributed by atoms with van der Waals surface area (Å²) in [5.41, 5.74) is 2.29. The molecule has 1 aromatic heterocycles. The first-order chi connectivity index (χ1) is 11.0. The van der Waals surface area contributed by atoms with E-state index in [1.165, 1.54) is 0 Å². The molecule has 0 atom stereocenters. The van der Waals surface area contributed by atoms with Gasteiger partial charge < -0.3 is 0 Å². The standard InChI is InChI=1S/C17H18N2O2SSe/c1-6-21-17(20)15-11(4)19-16(23-15)12-7-8-14(22-10(2)3)13(9-12)18-5/h7-10H,6H2,1-4H3. The Kier molecular flexibility index (Phi) is 6.06. The molecule has 0 saturated carbocycles. The Morgan fingerprint density at radius 3 is 2.83 bits per heavy atom. The van der Waals surface area contributed by atoms with Crippen molar-refractivity contribution in [2.45, 2.75) is 37.8 Å². The molecule has 23 heavy (non-hydrogen) atoms. The third-order valence-electron chi connectivity index (χ3n) is 2.95. The van der Waals surface area contributed by atoms with E-state index >= 15 is 0 Å². The molecule has 120 valence electrons. The number of hydrogen-bond acceptors (Lipinski definition) is 4. The third-order valence-corrected chi connectivity index (χ3v) is 6.51. The van der Waals surface area contributed by atoms with Gasteiger partial charge in [-0.3, -0.25) is 0 Å². The average Bonchev–Trinajstić information content (AvgIpc) is 2.89. The zero-order valence-corrected chi connectivity index (χ0v) is 16.1. The molecule has 0 aliphatic rings. The summed E-state index contributed by atoms with van der Waals surface area (Å²) in [6, 6.07) is 5.84. The molecule has 2 rings (SSSR count). The number of rotatable bonds is 5. The van der Waals surface area contributed by atoms with Gasteiger partial charge in [-0.25, -0.2) is 0 Å². The van der Waals surface area contributed by atoms with Gasteiger partial charge in [0.2, 0.25) is 0 Å². The van der Waals surface area contributed by atoms with Crippen LogP contribution in [0.5, 0.6) is 0 Å². The molecule has 0 aliphatic heterocycles. The molecule has 0 fully saturated rings. The molecule has 0 unspecified atom stereocenters. The Hall–Kier alpha value is -1.54. The van der Waals surface area contributed by atoms with Gasteiger partial charge >= 0.3 is 147 Å². The van der Waals surface area contributed by atoms with Crippen LogP contribution in [0.15, 0.2) is 23.1 Å². The Morgan fingerprint density at radius 2 is 2.22 bits per heavy atom. The zero-order valence-electron chi connectivity index (χ0n) is 13.5. The molecule has 1 heterocycles. The number of carbonyl (C=O) groups excluding carboxylic acids is 1. The van der Waals surface area contributed by atoms with Crippen LogP contribution in [0.2, 0.25) is 0 Å². The summed E-state index contributed by atoms with van der Waals surface area (Å²) in [4.78, 5) is 21.1. The molecule has 0 bridgehead atoms. The first kappa shape index (κ1) is 17.8. The fourth-order valence-corrected chi connectivity index (χ4v) is 4.88. The van der Waals surface area contributed by atoms with Crippen molar-refractivity contribution in [1.29, 1.82) is 0 Å². The Bertz CT molecular complexity index is 762. The summed E-state index contributed by atoms with van der Waals surface area (Å²) in [5, 5.41) is 0.425. The summed E-state index contributed by atoms with van der Waals surface area (Å²) in [6.45, 7) is 15.6. The van der Waals surface area contributed by atoms with Crippen LogP contribution in [0.3, 0.4) is 0 Å². The number of hydrogen-bond donors (Lipinski definition) is 0. The van der Waals surface area contributed by atoms with Crippen molar-refractivity contribution in [2.24, 2.45) is 0 Å². The normalized spacial score (nSPS) is 10.6. The van der Waals surface area contributed by atoms with Crippen molar-refractivity contribution in [3.63, 3.8) is 0 Å². The van der Waals surface area contributed by atoms with Gasteiger partial charge in [0.05, 0.1) is 0 Å². The van der Waals surface area contributed by atoms with Crippen molar-refractivity contribution in [3.8, 4) is 10.1 Å². The second-order valence-electron chi connectivity index (χ2n) is 5.11. The van der Waals surface area contributed by atoms with Crippen LogP contribution in [0.4, 0.5) is 5.69 Å².